The van der Waals surface area contributed by atoms with Crippen molar-refractivity contribution >= 4 is 17.1 Å². The molecule has 3 nitrogen and oxygen atoms in total. The minimum atomic E-state index is -4.55. The molecule has 0 aromatic carbocycles. The van der Waals surface area contributed by atoms with Gasteiger partial charge in [-0.1, -0.05) is 13.8 Å². The Morgan fingerprint density at radius 3 is 2.44 bits per heavy atom. The van der Waals surface area contributed by atoms with E-state index < -0.39 is 23.1 Å². The maximum atomic E-state index is 12.2. The van der Waals surface area contributed by atoms with Crippen molar-refractivity contribution in [2.75, 3.05) is 0 Å². The molecule has 1 unspecified atom stereocenters. The zero-order chi connectivity index (χ0) is 12.5. The van der Waals surface area contributed by atoms with Crippen LogP contribution in [0.3, 0.4) is 0 Å². The summed E-state index contributed by atoms with van der Waals surface area (Å²) < 4.78 is 36.6. The molecule has 0 bridgehead atoms. The van der Waals surface area contributed by atoms with Crippen molar-refractivity contribution in [1.29, 1.82) is 0 Å². The van der Waals surface area contributed by atoms with E-state index in [0.29, 0.717) is 0 Å². The average Bonchev–Trinajstić information content (AvgIpc) is 2.63. The van der Waals surface area contributed by atoms with Crippen LogP contribution in [0, 0.1) is 5.92 Å². The normalized spacial score (nSPS) is 14.2. The number of halogens is 3. The van der Waals surface area contributed by atoms with Gasteiger partial charge in [-0.15, -0.1) is 11.3 Å². The van der Waals surface area contributed by atoms with Crippen molar-refractivity contribution in [3.05, 3.63) is 16.1 Å². The highest BCUT2D eigenvalue weighted by molar-refractivity contribution is 7.13. The summed E-state index contributed by atoms with van der Waals surface area (Å²) in [5.41, 5.74) is 0. The van der Waals surface area contributed by atoms with Crippen molar-refractivity contribution < 1.29 is 23.1 Å². The smallest absolute Gasteiger partial charge is 0.385 e. The van der Waals surface area contributed by atoms with Crippen molar-refractivity contribution in [3.8, 4) is 0 Å². The number of hydrogen-bond acceptors (Lipinski definition) is 4. The number of nitrogens with zero attached hydrogens (tertiary/aromatic N) is 1. The third kappa shape index (κ3) is 2.79. The molecule has 1 rings (SSSR count). The average molecular weight is 253 g/mol. The van der Waals surface area contributed by atoms with E-state index in [1.165, 1.54) is 0 Å². The fraction of sp³-hybridized carbons (Fsp3) is 0.556. The van der Waals surface area contributed by atoms with Gasteiger partial charge in [0.15, 0.2) is 5.01 Å². The molecule has 0 amide bonds. The van der Waals surface area contributed by atoms with E-state index in [1.54, 1.807) is 13.8 Å². The first-order chi connectivity index (χ1) is 7.23. The minimum Gasteiger partial charge on any atom is -0.385 e. The Balaban J connectivity index is 2.91. The van der Waals surface area contributed by atoms with Crippen molar-refractivity contribution in [2.24, 2.45) is 5.92 Å². The number of carbonyl (C=O) groups excluding carboxylic acids is 1. The van der Waals surface area contributed by atoms with E-state index in [1.807, 2.05) is 0 Å². The van der Waals surface area contributed by atoms with E-state index in [4.69, 9.17) is 0 Å². The van der Waals surface area contributed by atoms with Crippen LogP contribution in [0.2, 0.25) is 0 Å². The number of Topliss-reactive ketones (excluding diaryl/α,β-unsaturated/α-hetero) is 1. The number of hydrogen-bond donors (Lipinski definition) is 1. The number of ketones is 1. The van der Waals surface area contributed by atoms with Gasteiger partial charge in [0.05, 0.1) is 4.88 Å². The molecule has 1 heterocycles. The fourth-order valence-corrected chi connectivity index (χ4v) is 1.72. The topological polar surface area (TPSA) is 50.2 Å². The number of aliphatic hydroxyl groups excluding tert-OH is 1. The van der Waals surface area contributed by atoms with Crippen molar-refractivity contribution in [2.45, 2.75) is 26.1 Å². The van der Waals surface area contributed by atoms with Gasteiger partial charge in [0.2, 0.25) is 5.78 Å². The maximum absolute atomic E-state index is 12.2. The summed E-state index contributed by atoms with van der Waals surface area (Å²) in [6.07, 6.45) is -4.99. The lowest BCUT2D eigenvalue weighted by Gasteiger charge is -2.10. The van der Waals surface area contributed by atoms with Crippen LogP contribution >= 0.6 is 11.3 Å². The first-order valence-electron chi connectivity index (χ1n) is 4.48. The molecular formula is C9H10F3NO2S. The van der Waals surface area contributed by atoms with Crippen molar-refractivity contribution in [1.82, 2.24) is 4.98 Å². The van der Waals surface area contributed by atoms with Crippen LogP contribution in [0.4, 0.5) is 13.2 Å². The standard InChI is InChI=1S/C9H10F3NO2S/c1-4(2)6(14)7(15)5-3-13-8(16-5)9(10,11)12/h3-4,6,14H,1-2H3. The second kappa shape index (κ2) is 4.50. The van der Waals surface area contributed by atoms with Crippen LogP contribution in [0.1, 0.15) is 28.5 Å². The lowest BCUT2D eigenvalue weighted by atomic mass is 10.0. The largest absolute Gasteiger partial charge is 0.443 e. The van der Waals surface area contributed by atoms with Gasteiger partial charge in [0.25, 0.3) is 0 Å². The molecule has 1 N–H and O–H groups in total. The molecule has 0 aliphatic rings. The molecule has 0 aliphatic heterocycles. The molecule has 0 radical (unpaired) electrons. The summed E-state index contributed by atoms with van der Waals surface area (Å²) >= 11 is 0.248. The van der Waals surface area contributed by atoms with Gasteiger partial charge in [0.1, 0.15) is 6.10 Å². The molecule has 0 fully saturated rings. The second-order valence-electron chi connectivity index (χ2n) is 3.58. The first-order valence-corrected chi connectivity index (χ1v) is 5.30. The molecule has 0 saturated heterocycles. The molecule has 16 heavy (non-hydrogen) atoms. The monoisotopic (exact) mass is 253 g/mol. The summed E-state index contributed by atoms with van der Waals surface area (Å²) in [6, 6.07) is 0. The number of carbonyl (C=O) groups is 1. The zero-order valence-electron chi connectivity index (χ0n) is 8.58. The molecule has 0 spiro atoms. The number of aliphatic hydroxyl groups is 1. The van der Waals surface area contributed by atoms with Crippen LogP contribution in [0.25, 0.3) is 0 Å². The van der Waals surface area contributed by atoms with Gasteiger partial charge in [-0.3, -0.25) is 4.79 Å². The lowest BCUT2D eigenvalue weighted by molar-refractivity contribution is -0.137. The third-order valence-electron chi connectivity index (χ3n) is 1.89. The Labute approximate surface area is 93.9 Å². The number of thiazole rings is 1. The van der Waals surface area contributed by atoms with E-state index in [-0.39, 0.29) is 22.1 Å². The number of aromatic nitrogens is 1. The van der Waals surface area contributed by atoms with Gasteiger partial charge >= 0.3 is 6.18 Å². The van der Waals surface area contributed by atoms with Gasteiger partial charge in [-0.25, -0.2) is 4.98 Å². The Kier molecular flexibility index (Phi) is 3.69. The molecular weight excluding hydrogens is 243 g/mol. The third-order valence-corrected chi connectivity index (χ3v) is 2.95. The van der Waals surface area contributed by atoms with Gasteiger partial charge in [0, 0.05) is 6.20 Å². The Bertz CT molecular complexity index is 386. The Morgan fingerprint density at radius 1 is 1.50 bits per heavy atom. The van der Waals surface area contributed by atoms with E-state index in [9.17, 15) is 23.1 Å². The Hall–Kier alpha value is -0.950. The van der Waals surface area contributed by atoms with E-state index >= 15 is 0 Å². The van der Waals surface area contributed by atoms with Crippen LogP contribution in [0.15, 0.2) is 6.20 Å². The first kappa shape index (κ1) is 13.1. The predicted molar refractivity (Wildman–Crippen MR) is 52.3 cm³/mol. The molecule has 7 heteroatoms. The summed E-state index contributed by atoms with van der Waals surface area (Å²) in [5.74, 6) is -1.06. The zero-order valence-corrected chi connectivity index (χ0v) is 9.39. The highest BCUT2D eigenvalue weighted by Crippen LogP contribution is 2.32. The van der Waals surface area contributed by atoms with Gasteiger partial charge in [-0.2, -0.15) is 13.2 Å². The van der Waals surface area contributed by atoms with Crippen LogP contribution < -0.4 is 0 Å². The van der Waals surface area contributed by atoms with Crippen LogP contribution in [-0.2, 0) is 6.18 Å². The molecule has 1 atom stereocenters. The molecule has 1 aromatic rings. The van der Waals surface area contributed by atoms with Crippen LogP contribution in [0.5, 0.6) is 0 Å². The summed E-state index contributed by atoms with van der Waals surface area (Å²) in [6.45, 7) is 3.21. The highest BCUT2D eigenvalue weighted by Gasteiger charge is 2.36. The van der Waals surface area contributed by atoms with Gasteiger partial charge < -0.3 is 5.11 Å². The quantitative estimate of drug-likeness (QED) is 0.841. The van der Waals surface area contributed by atoms with Gasteiger partial charge in [-0.05, 0) is 5.92 Å². The molecule has 0 aliphatic carbocycles. The highest BCUT2D eigenvalue weighted by atomic mass is 32.1. The fourth-order valence-electron chi connectivity index (χ4n) is 0.968. The Morgan fingerprint density at radius 2 is 2.06 bits per heavy atom. The molecule has 0 saturated carbocycles. The maximum Gasteiger partial charge on any atom is 0.443 e. The number of alkyl halides is 3. The van der Waals surface area contributed by atoms with E-state index in [2.05, 4.69) is 4.98 Å². The summed E-state index contributed by atoms with van der Waals surface area (Å²) in [5, 5.41) is 8.33. The molecule has 90 valence electrons. The number of rotatable bonds is 3. The van der Waals surface area contributed by atoms with Crippen LogP contribution in [-0.4, -0.2) is 22.0 Å². The predicted octanol–water partition coefficient (Wildman–Crippen LogP) is 2.36. The minimum absolute atomic E-state index is 0.173. The SMILES string of the molecule is CC(C)C(O)C(=O)c1cnc(C(F)(F)F)s1. The second-order valence-corrected chi connectivity index (χ2v) is 4.61. The summed E-state index contributed by atoms with van der Waals surface area (Å²) in [7, 11) is 0. The van der Waals surface area contributed by atoms with Crippen molar-refractivity contribution in [3.63, 3.8) is 0 Å². The lowest BCUT2D eigenvalue weighted by Crippen LogP contribution is -2.25. The molecule has 1 aromatic heterocycles. The van der Waals surface area contributed by atoms with E-state index in [0.717, 1.165) is 6.20 Å². The summed E-state index contributed by atoms with van der Waals surface area (Å²) in [4.78, 5) is 14.4.